The largest absolute Gasteiger partial charge is 0.375 e. The first kappa shape index (κ1) is 19.6. The van der Waals surface area contributed by atoms with E-state index in [1.807, 2.05) is 30.3 Å². The van der Waals surface area contributed by atoms with Crippen LogP contribution in [0.5, 0.6) is 0 Å². The molecular weight excluding hydrogens is 344 g/mol. The van der Waals surface area contributed by atoms with Gasteiger partial charge in [-0.3, -0.25) is 9.79 Å². The molecule has 2 unspecified atom stereocenters. The summed E-state index contributed by atoms with van der Waals surface area (Å²) in [5, 5.41) is 6.24. The zero-order chi connectivity index (χ0) is 18.9. The van der Waals surface area contributed by atoms with E-state index in [1.54, 1.807) is 7.05 Å². The fourth-order valence-corrected chi connectivity index (χ4v) is 3.49. The molecule has 7 nitrogen and oxygen atoms in total. The number of nitrogens with one attached hydrogen (secondary N) is 2. The highest BCUT2D eigenvalue weighted by Crippen LogP contribution is 2.20. The number of aliphatic imine (C=N–C) groups is 1. The van der Waals surface area contributed by atoms with E-state index < -0.39 is 0 Å². The number of morpholine rings is 1. The van der Waals surface area contributed by atoms with Crippen molar-refractivity contribution in [2.45, 2.75) is 38.0 Å². The Morgan fingerprint density at radius 3 is 2.74 bits per heavy atom. The number of benzene rings is 1. The number of amides is 1. The van der Waals surface area contributed by atoms with Gasteiger partial charge in [0.25, 0.3) is 0 Å². The number of hydrogen-bond acceptors (Lipinski definition) is 4. The Balaban J connectivity index is 1.38. The Morgan fingerprint density at radius 1 is 1.19 bits per heavy atom. The van der Waals surface area contributed by atoms with Gasteiger partial charge in [-0.2, -0.15) is 0 Å². The molecule has 2 N–H and O–H groups in total. The molecule has 1 aromatic carbocycles. The van der Waals surface area contributed by atoms with Crippen LogP contribution < -0.4 is 10.6 Å². The fourth-order valence-electron chi connectivity index (χ4n) is 3.49. The van der Waals surface area contributed by atoms with Gasteiger partial charge in [0.2, 0.25) is 5.91 Å². The third-order valence-electron chi connectivity index (χ3n) is 4.95. The zero-order valence-corrected chi connectivity index (χ0v) is 16.0. The molecule has 2 fully saturated rings. The first-order valence-corrected chi connectivity index (χ1v) is 9.75. The van der Waals surface area contributed by atoms with Gasteiger partial charge < -0.3 is 25.0 Å². The molecule has 0 aliphatic carbocycles. The quantitative estimate of drug-likeness (QED) is 0.577. The molecule has 2 saturated heterocycles. The number of guanidine groups is 1. The molecule has 0 radical (unpaired) electrons. The molecule has 2 atom stereocenters. The third kappa shape index (κ3) is 5.94. The molecule has 3 rings (SSSR count). The van der Waals surface area contributed by atoms with Gasteiger partial charge in [0, 0.05) is 46.3 Å². The molecule has 2 aliphatic rings. The Hall–Kier alpha value is -2.12. The molecule has 148 valence electrons. The number of hydrogen-bond donors (Lipinski definition) is 2. The van der Waals surface area contributed by atoms with E-state index in [4.69, 9.17) is 9.47 Å². The molecule has 1 amide bonds. The summed E-state index contributed by atoms with van der Waals surface area (Å²) in [5.41, 5.74) is 1.10. The maximum absolute atomic E-state index is 12.0. The van der Waals surface area contributed by atoms with E-state index >= 15 is 0 Å². The lowest BCUT2D eigenvalue weighted by atomic mass is 10.1. The maximum atomic E-state index is 12.0. The number of carbonyl (C=O) groups excluding carboxylic acids is 1. The van der Waals surface area contributed by atoms with E-state index in [-0.39, 0.29) is 18.1 Å². The third-order valence-corrected chi connectivity index (χ3v) is 4.95. The first-order valence-electron chi connectivity index (χ1n) is 9.75. The van der Waals surface area contributed by atoms with Crippen molar-refractivity contribution in [1.29, 1.82) is 0 Å². The highest BCUT2D eigenvalue weighted by molar-refractivity contribution is 5.81. The van der Waals surface area contributed by atoms with Crippen molar-refractivity contribution in [3.05, 3.63) is 35.9 Å². The van der Waals surface area contributed by atoms with Crippen LogP contribution in [0.15, 0.2) is 35.3 Å². The normalized spacial score (nSPS) is 23.3. The summed E-state index contributed by atoms with van der Waals surface area (Å²) >= 11 is 0. The van der Waals surface area contributed by atoms with Gasteiger partial charge in [0.05, 0.1) is 12.7 Å². The molecule has 2 heterocycles. The standard InChI is InChI=1S/C20H30N4O3/c1-21-20(24-11-13-27-18(15-24)17-8-5-12-26-17)22-10-9-19(25)23-14-16-6-3-2-4-7-16/h2-4,6-7,17-18H,5,8-15H2,1H3,(H,21,22)(H,23,25). The van der Waals surface area contributed by atoms with Crippen LogP contribution in [0, 0.1) is 0 Å². The van der Waals surface area contributed by atoms with E-state index in [9.17, 15) is 4.79 Å². The monoisotopic (exact) mass is 374 g/mol. The first-order chi connectivity index (χ1) is 13.3. The van der Waals surface area contributed by atoms with Gasteiger partial charge in [-0.15, -0.1) is 0 Å². The van der Waals surface area contributed by atoms with Gasteiger partial charge in [0.1, 0.15) is 6.10 Å². The van der Waals surface area contributed by atoms with Crippen LogP contribution in [0.25, 0.3) is 0 Å². The topological polar surface area (TPSA) is 75.2 Å². The molecule has 2 aliphatic heterocycles. The van der Waals surface area contributed by atoms with Crippen LogP contribution in [-0.2, 0) is 20.8 Å². The average Bonchev–Trinajstić information content (AvgIpc) is 3.25. The number of carbonyl (C=O) groups is 1. The van der Waals surface area contributed by atoms with E-state index in [1.165, 1.54) is 0 Å². The Morgan fingerprint density at radius 2 is 2.00 bits per heavy atom. The van der Waals surface area contributed by atoms with Crippen LogP contribution in [0.4, 0.5) is 0 Å². The predicted octanol–water partition coefficient (Wildman–Crippen LogP) is 1.15. The van der Waals surface area contributed by atoms with Gasteiger partial charge >= 0.3 is 0 Å². The van der Waals surface area contributed by atoms with Crippen molar-refractivity contribution in [3.63, 3.8) is 0 Å². The minimum atomic E-state index is 0.0287. The van der Waals surface area contributed by atoms with Crippen molar-refractivity contribution in [1.82, 2.24) is 15.5 Å². The highest BCUT2D eigenvalue weighted by atomic mass is 16.5. The molecule has 0 saturated carbocycles. The molecule has 7 heteroatoms. The second kappa shape index (κ2) is 10.3. The Labute approximate surface area is 161 Å². The van der Waals surface area contributed by atoms with Crippen molar-refractivity contribution in [2.24, 2.45) is 4.99 Å². The minimum absolute atomic E-state index is 0.0287. The van der Waals surface area contributed by atoms with Gasteiger partial charge in [-0.1, -0.05) is 30.3 Å². The van der Waals surface area contributed by atoms with Gasteiger partial charge in [-0.25, -0.2) is 0 Å². The van der Waals surface area contributed by atoms with E-state index in [2.05, 4.69) is 20.5 Å². The lowest BCUT2D eigenvalue weighted by Crippen LogP contribution is -2.53. The fraction of sp³-hybridized carbons (Fsp3) is 0.600. The maximum Gasteiger partial charge on any atom is 0.222 e. The molecular formula is C20H30N4O3. The minimum Gasteiger partial charge on any atom is -0.375 e. The summed E-state index contributed by atoms with van der Waals surface area (Å²) < 4.78 is 11.7. The average molecular weight is 374 g/mol. The lowest BCUT2D eigenvalue weighted by molar-refractivity contribution is -0.121. The summed E-state index contributed by atoms with van der Waals surface area (Å²) in [7, 11) is 1.77. The van der Waals surface area contributed by atoms with Crippen molar-refractivity contribution >= 4 is 11.9 Å². The molecule has 0 bridgehead atoms. The van der Waals surface area contributed by atoms with Crippen molar-refractivity contribution in [3.8, 4) is 0 Å². The highest BCUT2D eigenvalue weighted by Gasteiger charge is 2.32. The summed E-state index contributed by atoms with van der Waals surface area (Å²) in [6.07, 6.45) is 2.86. The van der Waals surface area contributed by atoms with E-state index in [0.717, 1.165) is 44.1 Å². The Kier molecular flexibility index (Phi) is 7.47. The molecule has 27 heavy (non-hydrogen) atoms. The summed E-state index contributed by atoms with van der Waals surface area (Å²) in [6, 6.07) is 9.92. The van der Waals surface area contributed by atoms with Crippen molar-refractivity contribution in [2.75, 3.05) is 39.9 Å². The predicted molar refractivity (Wildman–Crippen MR) is 105 cm³/mol. The van der Waals surface area contributed by atoms with Crippen LogP contribution in [0.2, 0.25) is 0 Å². The SMILES string of the molecule is CN=C(NCCC(=O)NCc1ccccc1)N1CCOC(C2CCCO2)C1. The van der Waals surface area contributed by atoms with E-state index in [0.29, 0.717) is 26.1 Å². The van der Waals surface area contributed by atoms with Gasteiger partial charge in [-0.05, 0) is 18.4 Å². The van der Waals surface area contributed by atoms with Crippen LogP contribution in [0.1, 0.15) is 24.8 Å². The summed E-state index contributed by atoms with van der Waals surface area (Å²) in [5.74, 6) is 0.846. The smallest absolute Gasteiger partial charge is 0.222 e. The number of ether oxygens (including phenoxy) is 2. The molecule has 0 spiro atoms. The molecule has 1 aromatic rings. The Bertz CT molecular complexity index is 617. The molecule has 0 aromatic heterocycles. The number of rotatable bonds is 6. The summed E-state index contributed by atoms with van der Waals surface area (Å²) in [4.78, 5) is 18.6. The van der Waals surface area contributed by atoms with Crippen LogP contribution in [-0.4, -0.2) is 68.9 Å². The second-order valence-corrected chi connectivity index (χ2v) is 6.89. The lowest BCUT2D eigenvalue weighted by Gasteiger charge is -2.37. The van der Waals surface area contributed by atoms with Gasteiger partial charge in [0.15, 0.2) is 5.96 Å². The van der Waals surface area contributed by atoms with Crippen LogP contribution in [0.3, 0.4) is 0 Å². The number of nitrogens with zero attached hydrogens (tertiary/aromatic N) is 2. The van der Waals surface area contributed by atoms with Crippen molar-refractivity contribution < 1.29 is 14.3 Å². The second-order valence-electron chi connectivity index (χ2n) is 6.89. The zero-order valence-electron chi connectivity index (χ0n) is 16.0. The summed E-state index contributed by atoms with van der Waals surface area (Å²) in [6.45, 7) is 4.17. The van der Waals surface area contributed by atoms with Crippen LogP contribution >= 0.6 is 0 Å².